The minimum absolute atomic E-state index is 0.123. The summed E-state index contributed by atoms with van der Waals surface area (Å²) in [6.45, 7) is 6.01. The molecule has 0 aliphatic carbocycles. The summed E-state index contributed by atoms with van der Waals surface area (Å²) in [5.74, 6) is 0.803. The highest BCUT2D eigenvalue weighted by molar-refractivity contribution is 7.99. The molecule has 1 aromatic heterocycles. The number of amides is 1. The summed E-state index contributed by atoms with van der Waals surface area (Å²) in [5.41, 5.74) is 0.468. The molecule has 0 fully saturated rings. The zero-order valence-corrected chi connectivity index (χ0v) is 13.8. The number of tetrazole rings is 1. The van der Waals surface area contributed by atoms with Crippen LogP contribution in [0.5, 0.6) is 5.75 Å². The van der Waals surface area contributed by atoms with Crippen LogP contribution in [0.1, 0.15) is 20.8 Å². The second-order valence-electron chi connectivity index (χ2n) is 5.61. The highest BCUT2D eigenvalue weighted by atomic mass is 32.2. The van der Waals surface area contributed by atoms with Crippen LogP contribution in [0.25, 0.3) is 0 Å². The number of nitrogens with one attached hydrogen (secondary N) is 1. The summed E-state index contributed by atoms with van der Waals surface area (Å²) in [7, 11) is 1.59. The van der Waals surface area contributed by atoms with Gasteiger partial charge < -0.3 is 10.1 Å². The van der Waals surface area contributed by atoms with Crippen LogP contribution >= 0.6 is 11.8 Å². The molecule has 118 valence electrons. The van der Waals surface area contributed by atoms with E-state index in [4.69, 9.17) is 4.74 Å². The minimum atomic E-state index is -0.227. The Bertz CT molecular complexity index is 651. The number of thioether (sulfide) groups is 1. The molecule has 0 saturated heterocycles. The van der Waals surface area contributed by atoms with Gasteiger partial charge in [0.2, 0.25) is 11.1 Å². The Labute approximate surface area is 133 Å². The van der Waals surface area contributed by atoms with Crippen LogP contribution in [-0.4, -0.2) is 39.0 Å². The van der Waals surface area contributed by atoms with Gasteiger partial charge in [-0.25, -0.2) is 4.68 Å². The number of carbonyl (C=O) groups is 1. The first-order valence-corrected chi connectivity index (χ1v) is 7.74. The van der Waals surface area contributed by atoms with Crippen molar-refractivity contribution in [3.63, 3.8) is 0 Å². The Kier molecular flexibility index (Phi) is 5.02. The Morgan fingerprint density at radius 3 is 2.86 bits per heavy atom. The zero-order chi connectivity index (χ0) is 16.2. The van der Waals surface area contributed by atoms with E-state index in [1.54, 1.807) is 17.9 Å². The van der Waals surface area contributed by atoms with Crippen molar-refractivity contribution in [1.82, 2.24) is 20.2 Å². The molecule has 1 N–H and O–H groups in total. The van der Waals surface area contributed by atoms with Crippen molar-refractivity contribution in [2.45, 2.75) is 31.5 Å². The summed E-state index contributed by atoms with van der Waals surface area (Å²) in [6.07, 6.45) is 0. The van der Waals surface area contributed by atoms with Crippen LogP contribution in [0.4, 0.5) is 5.69 Å². The van der Waals surface area contributed by atoms with Crippen LogP contribution in [0.2, 0.25) is 0 Å². The first kappa shape index (κ1) is 16.3. The van der Waals surface area contributed by atoms with Gasteiger partial charge in [-0.05, 0) is 43.3 Å². The fraction of sp³-hybridized carbons (Fsp3) is 0.429. The normalized spacial score (nSPS) is 11.3. The Hall–Kier alpha value is -2.09. The first-order valence-electron chi connectivity index (χ1n) is 6.76. The van der Waals surface area contributed by atoms with Gasteiger partial charge in [-0.1, -0.05) is 17.8 Å². The summed E-state index contributed by atoms with van der Waals surface area (Å²) in [4.78, 5) is 12.0. The van der Waals surface area contributed by atoms with Crippen LogP contribution in [0.15, 0.2) is 29.4 Å². The molecule has 0 spiro atoms. The molecular weight excluding hydrogens is 302 g/mol. The molecule has 0 aliphatic rings. The number of aromatic nitrogens is 4. The molecule has 0 saturated carbocycles. The first-order chi connectivity index (χ1) is 10.4. The summed E-state index contributed by atoms with van der Waals surface area (Å²) < 4.78 is 6.83. The highest BCUT2D eigenvalue weighted by Gasteiger charge is 2.20. The average Bonchev–Trinajstić information content (AvgIpc) is 2.94. The predicted octanol–water partition coefficient (Wildman–Crippen LogP) is 2.17. The molecule has 22 heavy (non-hydrogen) atoms. The van der Waals surface area contributed by atoms with E-state index >= 15 is 0 Å². The van der Waals surface area contributed by atoms with E-state index in [1.165, 1.54) is 11.8 Å². The number of rotatable bonds is 5. The lowest BCUT2D eigenvalue weighted by Gasteiger charge is -2.19. The lowest BCUT2D eigenvalue weighted by molar-refractivity contribution is -0.113. The molecule has 0 radical (unpaired) electrons. The number of nitrogens with zero attached hydrogens (tertiary/aromatic N) is 4. The predicted molar refractivity (Wildman–Crippen MR) is 85.2 cm³/mol. The lowest BCUT2D eigenvalue weighted by Crippen LogP contribution is -2.24. The molecule has 0 atom stereocenters. The van der Waals surface area contributed by atoms with Gasteiger partial charge in [0.1, 0.15) is 5.75 Å². The van der Waals surface area contributed by atoms with E-state index in [2.05, 4.69) is 20.8 Å². The van der Waals surface area contributed by atoms with Gasteiger partial charge in [0.15, 0.2) is 0 Å². The van der Waals surface area contributed by atoms with E-state index in [0.717, 1.165) is 0 Å². The number of anilines is 1. The molecular formula is C14H19N5O2S. The zero-order valence-electron chi connectivity index (χ0n) is 13.0. The quantitative estimate of drug-likeness (QED) is 0.850. The van der Waals surface area contributed by atoms with Crippen molar-refractivity contribution < 1.29 is 9.53 Å². The second-order valence-corrected chi connectivity index (χ2v) is 6.56. The maximum Gasteiger partial charge on any atom is 0.234 e. The van der Waals surface area contributed by atoms with Crippen LogP contribution in [0.3, 0.4) is 0 Å². The van der Waals surface area contributed by atoms with Crippen molar-refractivity contribution in [3.05, 3.63) is 24.3 Å². The van der Waals surface area contributed by atoms with Gasteiger partial charge in [0, 0.05) is 11.8 Å². The van der Waals surface area contributed by atoms with Gasteiger partial charge in [-0.2, -0.15) is 0 Å². The number of ether oxygens (including phenoxy) is 1. The molecule has 1 amide bonds. The number of carbonyl (C=O) groups excluding carboxylic acids is 1. The molecule has 8 heteroatoms. The van der Waals surface area contributed by atoms with Crippen LogP contribution in [0, 0.1) is 0 Å². The summed E-state index contributed by atoms with van der Waals surface area (Å²) in [5, 5.41) is 15.0. The van der Waals surface area contributed by atoms with Crippen molar-refractivity contribution in [1.29, 1.82) is 0 Å². The summed E-state index contributed by atoms with van der Waals surface area (Å²) >= 11 is 1.30. The van der Waals surface area contributed by atoms with Crippen LogP contribution in [-0.2, 0) is 10.3 Å². The fourth-order valence-electron chi connectivity index (χ4n) is 1.72. The van der Waals surface area contributed by atoms with Gasteiger partial charge in [-0.3, -0.25) is 4.79 Å². The molecule has 0 aliphatic heterocycles. The maximum absolute atomic E-state index is 12.0. The molecule has 0 unspecified atom stereocenters. The largest absolute Gasteiger partial charge is 0.497 e. The van der Waals surface area contributed by atoms with E-state index < -0.39 is 0 Å². The van der Waals surface area contributed by atoms with E-state index in [9.17, 15) is 4.79 Å². The number of benzene rings is 1. The number of hydrogen-bond donors (Lipinski definition) is 1. The third-order valence-corrected chi connectivity index (χ3v) is 3.68. The maximum atomic E-state index is 12.0. The van der Waals surface area contributed by atoms with Crippen molar-refractivity contribution in [3.8, 4) is 5.75 Å². The third kappa shape index (κ3) is 4.20. The molecule has 2 rings (SSSR count). The molecule has 1 heterocycles. The third-order valence-electron chi connectivity index (χ3n) is 2.76. The molecule has 1 aromatic carbocycles. The number of methoxy groups -OCH3 is 1. The van der Waals surface area contributed by atoms with Gasteiger partial charge >= 0.3 is 0 Å². The lowest BCUT2D eigenvalue weighted by atomic mass is 10.1. The van der Waals surface area contributed by atoms with Crippen molar-refractivity contribution >= 4 is 23.4 Å². The van der Waals surface area contributed by atoms with E-state index in [0.29, 0.717) is 16.6 Å². The smallest absolute Gasteiger partial charge is 0.234 e. The monoisotopic (exact) mass is 321 g/mol. The van der Waals surface area contributed by atoms with Gasteiger partial charge in [0.25, 0.3) is 0 Å². The van der Waals surface area contributed by atoms with Gasteiger partial charge in [-0.15, -0.1) is 5.10 Å². The van der Waals surface area contributed by atoms with Crippen molar-refractivity contribution in [2.24, 2.45) is 0 Å². The Morgan fingerprint density at radius 2 is 2.18 bits per heavy atom. The van der Waals surface area contributed by atoms with Crippen LogP contribution < -0.4 is 10.1 Å². The Balaban J connectivity index is 1.95. The standard InChI is InChI=1S/C14H19N5O2S/c1-14(2,3)19-13(16-17-18-19)22-9-12(20)15-10-6-5-7-11(8-10)21-4/h5-8H,9H2,1-4H3,(H,15,20). The average molecular weight is 321 g/mol. The Morgan fingerprint density at radius 1 is 1.41 bits per heavy atom. The SMILES string of the molecule is COc1cccc(NC(=O)CSc2nnnn2C(C)(C)C)c1. The van der Waals surface area contributed by atoms with E-state index in [1.807, 2.05) is 39.0 Å². The van der Waals surface area contributed by atoms with Gasteiger partial charge in [0.05, 0.1) is 18.4 Å². The number of hydrogen-bond acceptors (Lipinski definition) is 6. The van der Waals surface area contributed by atoms with Crippen molar-refractivity contribution in [2.75, 3.05) is 18.2 Å². The minimum Gasteiger partial charge on any atom is -0.497 e. The summed E-state index contributed by atoms with van der Waals surface area (Å²) in [6, 6.07) is 7.22. The molecule has 7 nitrogen and oxygen atoms in total. The molecule has 2 aromatic rings. The topological polar surface area (TPSA) is 81.9 Å². The fourth-order valence-corrected chi connectivity index (χ4v) is 2.58. The molecule has 0 bridgehead atoms. The second kappa shape index (κ2) is 6.78. The highest BCUT2D eigenvalue weighted by Crippen LogP contribution is 2.22. The van der Waals surface area contributed by atoms with E-state index in [-0.39, 0.29) is 17.2 Å².